The molecular weight excluding hydrogens is 236 g/mol. The average Bonchev–Trinajstić information content (AvgIpc) is 2.78. The first kappa shape index (κ1) is 11.8. The number of nitrogens with two attached hydrogens (primary N) is 1. The summed E-state index contributed by atoms with van der Waals surface area (Å²) in [6.45, 7) is 0.620. The minimum absolute atomic E-state index is 0.122. The van der Waals surface area contributed by atoms with E-state index in [4.69, 9.17) is 5.73 Å². The van der Waals surface area contributed by atoms with Crippen molar-refractivity contribution in [2.75, 3.05) is 6.54 Å². The molecule has 1 heterocycles. The highest BCUT2D eigenvalue weighted by molar-refractivity contribution is 7.15. The first-order valence-corrected chi connectivity index (χ1v) is 6.06. The van der Waals surface area contributed by atoms with Crippen LogP contribution in [0.15, 0.2) is 36.4 Å². The number of rotatable bonds is 4. The minimum atomic E-state index is -0.377. The van der Waals surface area contributed by atoms with E-state index >= 15 is 0 Å². The van der Waals surface area contributed by atoms with Gasteiger partial charge < -0.3 is 5.73 Å². The van der Waals surface area contributed by atoms with Gasteiger partial charge in [0.2, 0.25) is 0 Å². The van der Waals surface area contributed by atoms with Gasteiger partial charge in [-0.15, -0.1) is 11.3 Å². The number of non-ortho nitro benzene ring substituents is 1. The van der Waals surface area contributed by atoms with Gasteiger partial charge in [-0.1, -0.05) is 12.1 Å². The molecule has 1 aromatic heterocycles. The summed E-state index contributed by atoms with van der Waals surface area (Å²) in [5.74, 6) is 0. The molecule has 0 bridgehead atoms. The summed E-state index contributed by atoms with van der Waals surface area (Å²) in [6, 6.07) is 10.7. The fraction of sp³-hybridized carbons (Fsp3) is 0.167. The molecule has 5 heteroatoms. The Morgan fingerprint density at radius 2 is 2.12 bits per heavy atom. The summed E-state index contributed by atoms with van der Waals surface area (Å²) in [5.41, 5.74) is 6.49. The summed E-state index contributed by atoms with van der Waals surface area (Å²) in [7, 11) is 0. The van der Waals surface area contributed by atoms with E-state index in [0.717, 1.165) is 16.9 Å². The van der Waals surface area contributed by atoms with Crippen LogP contribution < -0.4 is 5.73 Å². The van der Waals surface area contributed by atoms with Crippen molar-refractivity contribution in [1.29, 1.82) is 0 Å². The molecule has 0 aliphatic carbocycles. The van der Waals surface area contributed by atoms with Crippen LogP contribution in [-0.4, -0.2) is 11.5 Å². The molecule has 0 saturated carbocycles. The lowest BCUT2D eigenvalue weighted by Gasteiger charge is -1.97. The highest BCUT2D eigenvalue weighted by atomic mass is 32.1. The quantitative estimate of drug-likeness (QED) is 0.668. The molecule has 17 heavy (non-hydrogen) atoms. The van der Waals surface area contributed by atoms with Crippen LogP contribution in [0, 0.1) is 10.1 Å². The molecule has 88 valence electrons. The van der Waals surface area contributed by atoms with E-state index in [0.29, 0.717) is 6.54 Å². The molecule has 0 radical (unpaired) electrons. The summed E-state index contributed by atoms with van der Waals surface area (Å²) in [5, 5.41) is 10.7. The summed E-state index contributed by atoms with van der Waals surface area (Å²) >= 11 is 1.63. The van der Waals surface area contributed by atoms with E-state index in [2.05, 4.69) is 0 Å². The molecular formula is C12H12N2O2S. The molecule has 0 fully saturated rings. The van der Waals surface area contributed by atoms with Gasteiger partial charge in [-0.3, -0.25) is 10.1 Å². The Labute approximate surface area is 103 Å². The number of hydrogen-bond donors (Lipinski definition) is 1. The molecule has 2 aromatic rings. The smallest absolute Gasteiger partial charge is 0.270 e. The van der Waals surface area contributed by atoms with Crippen molar-refractivity contribution in [3.05, 3.63) is 51.4 Å². The van der Waals surface area contributed by atoms with Gasteiger partial charge in [0.1, 0.15) is 0 Å². The maximum absolute atomic E-state index is 10.7. The predicted octanol–water partition coefficient (Wildman–Crippen LogP) is 2.82. The first-order chi connectivity index (χ1) is 8.20. The van der Waals surface area contributed by atoms with Crippen molar-refractivity contribution in [2.24, 2.45) is 5.73 Å². The molecule has 0 amide bonds. The Hall–Kier alpha value is -1.72. The highest BCUT2D eigenvalue weighted by Crippen LogP contribution is 2.30. The van der Waals surface area contributed by atoms with Gasteiger partial charge in [-0.05, 0) is 30.7 Å². The van der Waals surface area contributed by atoms with E-state index in [-0.39, 0.29) is 10.6 Å². The highest BCUT2D eigenvalue weighted by Gasteiger charge is 2.08. The Kier molecular flexibility index (Phi) is 3.51. The molecule has 0 unspecified atom stereocenters. The van der Waals surface area contributed by atoms with Crippen molar-refractivity contribution in [3.8, 4) is 10.4 Å². The average molecular weight is 248 g/mol. The van der Waals surface area contributed by atoms with E-state index in [1.807, 2.05) is 18.2 Å². The number of nitrogens with zero attached hydrogens (tertiary/aromatic N) is 1. The van der Waals surface area contributed by atoms with Crippen LogP contribution in [0.3, 0.4) is 0 Å². The number of benzene rings is 1. The lowest BCUT2D eigenvalue weighted by atomic mass is 10.1. The minimum Gasteiger partial charge on any atom is -0.330 e. The topological polar surface area (TPSA) is 69.2 Å². The van der Waals surface area contributed by atoms with Crippen LogP contribution in [0.25, 0.3) is 10.4 Å². The molecule has 4 nitrogen and oxygen atoms in total. The fourth-order valence-corrected chi connectivity index (χ4v) is 2.60. The second kappa shape index (κ2) is 5.07. The van der Waals surface area contributed by atoms with Gasteiger partial charge in [-0.2, -0.15) is 0 Å². The van der Waals surface area contributed by atoms with Gasteiger partial charge in [0, 0.05) is 21.9 Å². The van der Waals surface area contributed by atoms with Gasteiger partial charge in [-0.25, -0.2) is 0 Å². The van der Waals surface area contributed by atoms with E-state index < -0.39 is 0 Å². The van der Waals surface area contributed by atoms with Gasteiger partial charge in [0.25, 0.3) is 5.69 Å². The number of nitro groups is 1. The number of thiophene rings is 1. The SMILES string of the molecule is NCCc1ccc(-c2cccc([N+](=O)[O-])c2)s1. The fourth-order valence-electron chi connectivity index (χ4n) is 1.58. The zero-order chi connectivity index (χ0) is 12.3. The Bertz CT molecular complexity index is 537. The van der Waals surface area contributed by atoms with Crippen LogP contribution in [0.1, 0.15) is 4.88 Å². The maximum atomic E-state index is 10.7. The number of hydrogen-bond acceptors (Lipinski definition) is 4. The molecule has 0 atom stereocenters. The maximum Gasteiger partial charge on any atom is 0.270 e. The molecule has 0 spiro atoms. The van der Waals surface area contributed by atoms with Gasteiger partial charge in [0.15, 0.2) is 0 Å². The third-order valence-electron chi connectivity index (χ3n) is 2.39. The molecule has 1 aromatic carbocycles. The van der Waals surface area contributed by atoms with Crippen molar-refractivity contribution in [2.45, 2.75) is 6.42 Å². The molecule has 2 rings (SSSR count). The van der Waals surface area contributed by atoms with E-state index in [1.54, 1.807) is 23.5 Å². The van der Waals surface area contributed by atoms with Crippen molar-refractivity contribution >= 4 is 17.0 Å². The van der Waals surface area contributed by atoms with E-state index in [9.17, 15) is 10.1 Å². The van der Waals surface area contributed by atoms with Crippen LogP contribution in [0.5, 0.6) is 0 Å². The lowest BCUT2D eigenvalue weighted by molar-refractivity contribution is -0.384. The van der Waals surface area contributed by atoms with Crippen molar-refractivity contribution in [1.82, 2.24) is 0 Å². The lowest BCUT2D eigenvalue weighted by Crippen LogP contribution is -2.00. The molecule has 0 saturated heterocycles. The number of nitro benzene ring substituents is 1. The predicted molar refractivity (Wildman–Crippen MR) is 69.2 cm³/mol. The van der Waals surface area contributed by atoms with Gasteiger partial charge in [0.05, 0.1) is 4.92 Å². The van der Waals surface area contributed by atoms with Crippen LogP contribution in [-0.2, 0) is 6.42 Å². The molecule has 0 aliphatic rings. The summed E-state index contributed by atoms with van der Waals surface area (Å²) in [4.78, 5) is 12.5. The van der Waals surface area contributed by atoms with Crippen molar-refractivity contribution < 1.29 is 4.92 Å². The monoisotopic (exact) mass is 248 g/mol. The molecule has 0 aliphatic heterocycles. The van der Waals surface area contributed by atoms with E-state index in [1.165, 1.54) is 10.9 Å². The first-order valence-electron chi connectivity index (χ1n) is 5.24. The third-order valence-corrected chi connectivity index (χ3v) is 3.59. The van der Waals surface area contributed by atoms with Gasteiger partial charge >= 0.3 is 0 Å². The second-order valence-corrected chi connectivity index (χ2v) is 4.78. The zero-order valence-electron chi connectivity index (χ0n) is 9.13. The normalized spacial score (nSPS) is 10.4. The van der Waals surface area contributed by atoms with Crippen LogP contribution in [0.4, 0.5) is 5.69 Å². The molecule has 2 N–H and O–H groups in total. The standard InChI is InChI=1S/C12H12N2O2S/c13-7-6-11-4-5-12(17-11)9-2-1-3-10(8-9)14(15)16/h1-5,8H,6-7,13H2. The summed E-state index contributed by atoms with van der Waals surface area (Å²) in [6.07, 6.45) is 0.847. The Balaban J connectivity index is 2.32. The zero-order valence-corrected chi connectivity index (χ0v) is 9.94. The van der Waals surface area contributed by atoms with Crippen LogP contribution in [0.2, 0.25) is 0 Å². The Morgan fingerprint density at radius 3 is 2.82 bits per heavy atom. The van der Waals surface area contributed by atoms with Crippen LogP contribution >= 0.6 is 11.3 Å². The Morgan fingerprint density at radius 1 is 1.29 bits per heavy atom. The second-order valence-electron chi connectivity index (χ2n) is 3.61. The summed E-state index contributed by atoms with van der Waals surface area (Å²) < 4.78 is 0. The third kappa shape index (κ3) is 2.69. The van der Waals surface area contributed by atoms with Crippen molar-refractivity contribution in [3.63, 3.8) is 0 Å². The largest absolute Gasteiger partial charge is 0.330 e.